The minimum absolute atomic E-state index is 0.577. The molecule has 1 fully saturated rings. The summed E-state index contributed by atoms with van der Waals surface area (Å²) in [5, 5.41) is 3.29. The summed E-state index contributed by atoms with van der Waals surface area (Å²) in [4.78, 5) is 14.7. The molecule has 1 aromatic carbocycles. The molecule has 1 N–H and O–H groups in total. The largest absolute Gasteiger partial charge is 0.442 e. The number of piperazine rings is 1. The lowest BCUT2D eigenvalue weighted by atomic mass is 10.2. The monoisotopic (exact) mass is 339 g/mol. The molecule has 0 aromatic heterocycles. The highest BCUT2D eigenvalue weighted by atomic mass is 32.2. The first-order chi connectivity index (χ1) is 10.7. The SMILES string of the molecule is CC(C)(C)OC(=O)N=S(C)(=O)c1ccccc1N1CCNCC1. The van der Waals surface area contributed by atoms with Gasteiger partial charge in [-0.25, -0.2) is 9.00 Å². The standard InChI is InChI=1S/C16H25N3O3S/c1-16(2,3)22-15(20)18-23(4,21)14-8-6-5-7-13(14)19-11-9-17-10-12-19/h5-8,17H,9-12H2,1-4H3. The zero-order valence-electron chi connectivity index (χ0n) is 14.2. The second-order valence-corrected chi connectivity index (χ2v) is 8.81. The Morgan fingerprint density at radius 2 is 1.87 bits per heavy atom. The van der Waals surface area contributed by atoms with Crippen LogP contribution in [0.4, 0.5) is 10.5 Å². The van der Waals surface area contributed by atoms with Crippen molar-refractivity contribution in [2.75, 3.05) is 37.3 Å². The van der Waals surface area contributed by atoms with E-state index in [-0.39, 0.29) is 0 Å². The molecule has 0 saturated carbocycles. The highest BCUT2D eigenvalue weighted by Gasteiger charge is 2.21. The van der Waals surface area contributed by atoms with Gasteiger partial charge in [0.25, 0.3) is 0 Å². The van der Waals surface area contributed by atoms with E-state index in [1.807, 2.05) is 18.2 Å². The number of ether oxygens (including phenoxy) is 1. The number of benzene rings is 1. The van der Waals surface area contributed by atoms with Crippen molar-refractivity contribution in [3.63, 3.8) is 0 Å². The molecule has 1 aromatic rings. The van der Waals surface area contributed by atoms with Crippen molar-refractivity contribution in [2.24, 2.45) is 4.36 Å². The number of nitrogens with zero attached hydrogens (tertiary/aromatic N) is 2. The number of nitrogens with one attached hydrogen (secondary N) is 1. The first kappa shape index (κ1) is 17.7. The van der Waals surface area contributed by atoms with Crippen LogP contribution in [0.2, 0.25) is 0 Å². The number of carbonyl (C=O) groups is 1. The molecule has 1 unspecified atom stereocenters. The normalized spacial score (nSPS) is 18.2. The van der Waals surface area contributed by atoms with E-state index in [2.05, 4.69) is 14.6 Å². The maximum absolute atomic E-state index is 13.0. The minimum Gasteiger partial charge on any atom is -0.442 e. The van der Waals surface area contributed by atoms with Crippen molar-refractivity contribution in [2.45, 2.75) is 31.3 Å². The average molecular weight is 339 g/mol. The minimum atomic E-state index is -2.87. The molecule has 0 aliphatic carbocycles. The van der Waals surface area contributed by atoms with Gasteiger partial charge in [-0.2, -0.15) is 0 Å². The van der Waals surface area contributed by atoms with Crippen LogP contribution in [0.15, 0.2) is 33.5 Å². The van der Waals surface area contributed by atoms with Gasteiger partial charge in [-0.1, -0.05) is 12.1 Å². The summed E-state index contributed by atoms with van der Waals surface area (Å²) in [6, 6.07) is 7.42. The highest BCUT2D eigenvalue weighted by Crippen LogP contribution is 2.27. The van der Waals surface area contributed by atoms with Crippen molar-refractivity contribution in [3.8, 4) is 0 Å². The summed E-state index contributed by atoms with van der Waals surface area (Å²) in [7, 11) is -2.87. The van der Waals surface area contributed by atoms with Crippen molar-refractivity contribution in [3.05, 3.63) is 24.3 Å². The average Bonchev–Trinajstić information content (AvgIpc) is 2.45. The number of hydrogen-bond acceptors (Lipinski definition) is 5. The van der Waals surface area contributed by atoms with Crippen molar-refractivity contribution < 1.29 is 13.7 Å². The molecule has 2 rings (SSSR count). The van der Waals surface area contributed by atoms with Gasteiger partial charge in [-0.05, 0) is 32.9 Å². The Bertz CT molecular complexity index is 682. The third-order valence-corrected chi connectivity index (χ3v) is 5.03. The van der Waals surface area contributed by atoms with Gasteiger partial charge in [0.2, 0.25) is 0 Å². The van der Waals surface area contributed by atoms with Gasteiger partial charge in [-0.15, -0.1) is 4.36 Å². The highest BCUT2D eigenvalue weighted by molar-refractivity contribution is 7.93. The fraction of sp³-hybridized carbons (Fsp3) is 0.562. The first-order valence-corrected chi connectivity index (χ1v) is 9.61. The number of amides is 1. The van der Waals surface area contributed by atoms with Crippen LogP contribution >= 0.6 is 0 Å². The van der Waals surface area contributed by atoms with Crippen LogP contribution in [-0.2, 0) is 14.5 Å². The Morgan fingerprint density at radius 3 is 2.48 bits per heavy atom. The van der Waals surface area contributed by atoms with Crippen LogP contribution in [0.25, 0.3) is 0 Å². The molecule has 1 atom stereocenters. The van der Waals surface area contributed by atoms with E-state index in [1.54, 1.807) is 26.8 Å². The Labute approximate surface area is 138 Å². The van der Waals surface area contributed by atoms with Gasteiger partial charge in [0.1, 0.15) is 5.60 Å². The molecule has 1 saturated heterocycles. The molecule has 23 heavy (non-hydrogen) atoms. The van der Waals surface area contributed by atoms with Crippen molar-refractivity contribution in [1.82, 2.24) is 5.32 Å². The maximum Gasteiger partial charge on any atom is 0.442 e. The second kappa shape index (κ2) is 6.88. The van der Waals surface area contributed by atoms with E-state index in [9.17, 15) is 9.00 Å². The zero-order valence-corrected chi connectivity index (χ0v) is 15.0. The number of anilines is 1. The molecule has 7 heteroatoms. The molecule has 1 aliphatic heterocycles. The third-order valence-electron chi connectivity index (χ3n) is 3.37. The van der Waals surface area contributed by atoms with E-state index < -0.39 is 21.4 Å². The number of para-hydroxylation sites is 1. The van der Waals surface area contributed by atoms with Crippen LogP contribution < -0.4 is 10.2 Å². The van der Waals surface area contributed by atoms with Gasteiger partial charge in [-0.3, -0.25) is 0 Å². The Hall–Kier alpha value is -1.60. The quantitative estimate of drug-likeness (QED) is 0.896. The molecule has 1 aliphatic rings. The van der Waals surface area contributed by atoms with E-state index in [4.69, 9.17) is 4.74 Å². The Morgan fingerprint density at radius 1 is 1.26 bits per heavy atom. The lowest BCUT2D eigenvalue weighted by Crippen LogP contribution is -2.44. The fourth-order valence-electron chi connectivity index (χ4n) is 2.42. The van der Waals surface area contributed by atoms with Crippen molar-refractivity contribution >= 4 is 21.5 Å². The van der Waals surface area contributed by atoms with Crippen LogP contribution in [0.1, 0.15) is 20.8 Å². The van der Waals surface area contributed by atoms with E-state index in [0.29, 0.717) is 4.90 Å². The third kappa shape index (κ3) is 4.94. The first-order valence-electron chi connectivity index (χ1n) is 7.69. The Balaban J connectivity index is 2.36. The van der Waals surface area contributed by atoms with Crippen LogP contribution in [0.5, 0.6) is 0 Å². The molecule has 0 bridgehead atoms. The maximum atomic E-state index is 13.0. The lowest BCUT2D eigenvalue weighted by Gasteiger charge is -2.31. The lowest BCUT2D eigenvalue weighted by molar-refractivity contribution is 0.0607. The summed E-state index contributed by atoms with van der Waals surface area (Å²) in [6.07, 6.45) is 0.693. The molecular weight excluding hydrogens is 314 g/mol. The predicted molar refractivity (Wildman–Crippen MR) is 92.5 cm³/mol. The van der Waals surface area contributed by atoms with Crippen LogP contribution in [-0.4, -0.2) is 48.3 Å². The fourth-order valence-corrected chi connectivity index (χ4v) is 3.75. The summed E-state index contributed by atoms with van der Waals surface area (Å²) in [5.41, 5.74) is 0.211. The molecule has 128 valence electrons. The Kier molecular flexibility index (Phi) is 5.31. The molecule has 0 spiro atoms. The van der Waals surface area contributed by atoms with Gasteiger partial charge in [0, 0.05) is 32.4 Å². The van der Waals surface area contributed by atoms with Gasteiger partial charge >= 0.3 is 6.09 Å². The molecule has 0 radical (unpaired) electrons. The number of carbonyl (C=O) groups excluding carboxylic acids is 1. The summed E-state index contributed by atoms with van der Waals surface area (Å²) in [6.45, 7) is 8.69. The number of hydrogen-bond donors (Lipinski definition) is 1. The van der Waals surface area contributed by atoms with Gasteiger partial charge in [0.15, 0.2) is 0 Å². The number of rotatable bonds is 2. The van der Waals surface area contributed by atoms with E-state index >= 15 is 0 Å². The summed E-state index contributed by atoms with van der Waals surface area (Å²) < 4.78 is 22.1. The smallest absolute Gasteiger partial charge is 0.442 e. The van der Waals surface area contributed by atoms with Crippen LogP contribution in [0.3, 0.4) is 0 Å². The van der Waals surface area contributed by atoms with E-state index in [0.717, 1.165) is 31.9 Å². The van der Waals surface area contributed by atoms with Gasteiger partial charge < -0.3 is 15.0 Å². The van der Waals surface area contributed by atoms with Gasteiger partial charge in [0.05, 0.1) is 20.3 Å². The predicted octanol–water partition coefficient (Wildman–Crippen LogP) is 2.49. The molecule has 6 nitrogen and oxygen atoms in total. The zero-order chi connectivity index (χ0) is 17.1. The topological polar surface area (TPSA) is 71.0 Å². The molecular formula is C16H25N3O3S. The summed E-state index contributed by atoms with van der Waals surface area (Å²) in [5.74, 6) is 0. The van der Waals surface area contributed by atoms with Crippen LogP contribution in [0, 0.1) is 0 Å². The summed E-state index contributed by atoms with van der Waals surface area (Å²) >= 11 is 0. The molecule has 1 amide bonds. The molecule has 1 heterocycles. The second-order valence-electron chi connectivity index (χ2n) is 6.58. The van der Waals surface area contributed by atoms with Crippen molar-refractivity contribution in [1.29, 1.82) is 0 Å². The van der Waals surface area contributed by atoms with E-state index in [1.165, 1.54) is 6.26 Å².